The summed E-state index contributed by atoms with van der Waals surface area (Å²) >= 11 is 0. The van der Waals surface area contributed by atoms with Crippen molar-refractivity contribution >= 4 is 22.9 Å². The van der Waals surface area contributed by atoms with Crippen LogP contribution in [0.25, 0.3) is 22.2 Å². The van der Waals surface area contributed by atoms with Crippen molar-refractivity contribution in [2.75, 3.05) is 33.7 Å². The molecule has 1 aromatic carbocycles. The molecule has 4 rings (SSSR count). The van der Waals surface area contributed by atoms with Gasteiger partial charge in [0.2, 0.25) is 0 Å². The van der Waals surface area contributed by atoms with E-state index in [1.807, 2.05) is 55.3 Å². The lowest BCUT2D eigenvalue weighted by Crippen LogP contribution is -2.34. The number of amides is 2. The standard InChI is InChI=1S/C26H34N6O3/c1-31(2)11-12-32-17-20(16-29-32)24-13-22(21-5-3-4-6-23(21)30-24)25(33)27-14-18-7-9-19(10-8-18)15-28-26(34)35/h3-6,13,16-19,28H,7-12,14-15H2,1-2H3,(H,27,33)(H,34,35)/t18-,19-. The Balaban J connectivity index is 1.44. The van der Waals surface area contributed by atoms with Crippen LogP contribution in [0.5, 0.6) is 0 Å². The van der Waals surface area contributed by atoms with E-state index in [9.17, 15) is 9.59 Å². The van der Waals surface area contributed by atoms with Crippen LogP contribution in [0.4, 0.5) is 4.79 Å². The van der Waals surface area contributed by atoms with Crippen LogP contribution in [0.15, 0.2) is 42.7 Å². The van der Waals surface area contributed by atoms with Crippen LogP contribution in [0.3, 0.4) is 0 Å². The maximum absolute atomic E-state index is 13.3. The van der Waals surface area contributed by atoms with Crippen molar-refractivity contribution in [3.8, 4) is 11.3 Å². The van der Waals surface area contributed by atoms with Crippen molar-refractivity contribution in [1.82, 2.24) is 30.3 Å². The third-order valence-corrected chi connectivity index (χ3v) is 6.73. The second kappa shape index (κ2) is 11.3. The Bertz CT molecular complexity index is 1170. The predicted octanol–water partition coefficient (Wildman–Crippen LogP) is 3.46. The van der Waals surface area contributed by atoms with Gasteiger partial charge in [-0.25, -0.2) is 9.78 Å². The zero-order valence-corrected chi connectivity index (χ0v) is 20.4. The highest BCUT2D eigenvalue weighted by Gasteiger charge is 2.23. The second-order valence-corrected chi connectivity index (χ2v) is 9.65. The summed E-state index contributed by atoms with van der Waals surface area (Å²) in [4.78, 5) is 30.9. The van der Waals surface area contributed by atoms with Gasteiger partial charge in [-0.05, 0) is 63.7 Å². The lowest BCUT2D eigenvalue weighted by molar-refractivity contribution is 0.0942. The highest BCUT2D eigenvalue weighted by atomic mass is 16.4. The average molecular weight is 479 g/mol. The number of nitrogens with zero attached hydrogens (tertiary/aromatic N) is 4. The van der Waals surface area contributed by atoms with Crippen molar-refractivity contribution in [3.05, 3.63) is 48.3 Å². The molecule has 3 aromatic rings. The van der Waals surface area contributed by atoms with Crippen LogP contribution >= 0.6 is 0 Å². The summed E-state index contributed by atoms with van der Waals surface area (Å²) in [6, 6.07) is 9.57. The van der Waals surface area contributed by atoms with Gasteiger partial charge in [0.25, 0.3) is 5.91 Å². The van der Waals surface area contributed by atoms with E-state index >= 15 is 0 Å². The molecule has 2 heterocycles. The molecule has 0 spiro atoms. The molecule has 1 saturated carbocycles. The van der Waals surface area contributed by atoms with Crippen LogP contribution in [-0.2, 0) is 6.54 Å². The fourth-order valence-electron chi connectivity index (χ4n) is 4.64. The molecule has 9 heteroatoms. The molecule has 0 atom stereocenters. The molecule has 0 aliphatic heterocycles. The molecule has 3 N–H and O–H groups in total. The number of carboxylic acid groups (broad SMARTS) is 1. The minimum absolute atomic E-state index is 0.0977. The molecule has 2 aromatic heterocycles. The first-order chi connectivity index (χ1) is 16.9. The van der Waals surface area contributed by atoms with Gasteiger partial charge in [0.1, 0.15) is 0 Å². The average Bonchev–Trinajstić information content (AvgIpc) is 3.34. The monoisotopic (exact) mass is 478 g/mol. The minimum Gasteiger partial charge on any atom is -0.465 e. The van der Waals surface area contributed by atoms with E-state index < -0.39 is 6.09 Å². The van der Waals surface area contributed by atoms with Crippen molar-refractivity contribution in [2.45, 2.75) is 32.2 Å². The van der Waals surface area contributed by atoms with E-state index in [0.717, 1.165) is 60.9 Å². The molecule has 0 saturated heterocycles. The zero-order chi connectivity index (χ0) is 24.8. The summed E-state index contributed by atoms with van der Waals surface area (Å²) in [6.07, 6.45) is 6.72. The van der Waals surface area contributed by atoms with Gasteiger partial charge in [-0.15, -0.1) is 0 Å². The number of benzene rings is 1. The zero-order valence-electron chi connectivity index (χ0n) is 20.4. The number of hydrogen-bond donors (Lipinski definition) is 3. The van der Waals surface area contributed by atoms with Gasteiger partial charge >= 0.3 is 6.09 Å². The Hall–Kier alpha value is -3.46. The van der Waals surface area contributed by atoms with E-state index in [2.05, 4.69) is 20.6 Å². The van der Waals surface area contributed by atoms with E-state index in [-0.39, 0.29) is 5.91 Å². The minimum atomic E-state index is -0.968. The Morgan fingerprint density at radius 2 is 1.77 bits per heavy atom. The van der Waals surface area contributed by atoms with Crippen LogP contribution in [0, 0.1) is 11.8 Å². The van der Waals surface area contributed by atoms with Gasteiger partial charge < -0.3 is 20.6 Å². The van der Waals surface area contributed by atoms with Crippen LogP contribution < -0.4 is 10.6 Å². The van der Waals surface area contributed by atoms with Gasteiger partial charge in [-0.1, -0.05) is 18.2 Å². The summed E-state index contributed by atoms with van der Waals surface area (Å²) in [5.41, 5.74) is 3.02. The molecular weight excluding hydrogens is 444 g/mol. The van der Waals surface area contributed by atoms with Gasteiger partial charge in [0.05, 0.1) is 29.5 Å². The number of fused-ring (bicyclic) bond motifs is 1. The fourth-order valence-corrected chi connectivity index (χ4v) is 4.64. The normalized spacial score (nSPS) is 18.0. The third-order valence-electron chi connectivity index (χ3n) is 6.73. The van der Waals surface area contributed by atoms with Crippen molar-refractivity contribution in [2.24, 2.45) is 11.8 Å². The first-order valence-corrected chi connectivity index (χ1v) is 12.2. The Labute approximate surface area is 205 Å². The van der Waals surface area contributed by atoms with Crippen molar-refractivity contribution in [3.63, 3.8) is 0 Å². The second-order valence-electron chi connectivity index (χ2n) is 9.65. The summed E-state index contributed by atoms with van der Waals surface area (Å²) in [6.45, 7) is 2.79. The number of nitrogens with one attached hydrogen (secondary N) is 2. The van der Waals surface area contributed by atoms with Crippen molar-refractivity contribution < 1.29 is 14.7 Å². The largest absolute Gasteiger partial charge is 0.465 e. The summed E-state index contributed by atoms with van der Waals surface area (Å²) in [7, 11) is 4.06. The molecule has 35 heavy (non-hydrogen) atoms. The van der Waals surface area contributed by atoms with Gasteiger partial charge in [-0.3, -0.25) is 9.48 Å². The summed E-state index contributed by atoms with van der Waals surface area (Å²) in [5.74, 6) is 0.686. The maximum Gasteiger partial charge on any atom is 0.404 e. The van der Waals surface area contributed by atoms with Crippen LogP contribution in [-0.4, -0.2) is 70.5 Å². The Morgan fingerprint density at radius 1 is 1.09 bits per heavy atom. The number of carbonyl (C=O) groups excluding carboxylic acids is 1. The number of carbonyl (C=O) groups is 2. The predicted molar refractivity (Wildman–Crippen MR) is 135 cm³/mol. The quantitative estimate of drug-likeness (QED) is 0.434. The number of likely N-dealkylation sites (N-methyl/N-ethyl adjacent to an activating group) is 1. The maximum atomic E-state index is 13.3. The highest BCUT2D eigenvalue weighted by Crippen LogP contribution is 2.29. The fraction of sp³-hybridized carbons (Fsp3) is 0.462. The lowest BCUT2D eigenvalue weighted by Gasteiger charge is -2.28. The topological polar surface area (TPSA) is 112 Å². The molecular formula is C26H34N6O3. The third kappa shape index (κ3) is 6.57. The smallest absolute Gasteiger partial charge is 0.404 e. The van der Waals surface area contributed by atoms with E-state index in [0.29, 0.717) is 30.5 Å². The Morgan fingerprint density at radius 3 is 2.46 bits per heavy atom. The SMILES string of the molecule is CN(C)CCn1cc(-c2cc(C(=O)NC[C@H]3CC[C@H](CNC(=O)O)CC3)c3ccccc3n2)cn1. The molecule has 0 unspecified atom stereocenters. The highest BCUT2D eigenvalue weighted by molar-refractivity contribution is 6.07. The summed E-state index contributed by atoms with van der Waals surface area (Å²) in [5, 5.41) is 19.7. The molecule has 1 aliphatic carbocycles. The summed E-state index contributed by atoms with van der Waals surface area (Å²) < 4.78 is 1.90. The molecule has 0 bridgehead atoms. The first kappa shape index (κ1) is 24.7. The molecule has 186 valence electrons. The molecule has 9 nitrogen and oxygen atoms in total. The number of aromatic nitrogens is 3. The van der Waals surface area contributed by atoms with E-state index in [1.54, 1.807) is 6.20 Å². The molecule has 0 radical (unpaired) electrons. The molecule has 1 fully saturated rings. The number of rotatable bonds is 9. The van der Waals surface area contributed by atoms with E-state index in [4.69, 9.17) is 10.1 Å². The number of hydrogen-bond acceptors (Lipinski definition) is 5. The van der Waals surface area contributed by atoms with E-state index in [1.165, 1.54) is 0 Å². The lowest BCUT2D eigenvalue weighted by atomic mass is 9.82. The van der Waals surface area contributed by atoms with Gasteiger partial charge in [-0.2, -0.15) is 5.10 Å². The van der Waals surface area contributed by atoms with Gasteiger partial charge in [0, 0.05) is 36.8 Å². The Kier molecular flexibility index (Phi) is 7.97. The number of para-hydroxylation sites is 1. The first-order valence-electron chi connectivity index (χ1n) is 12.2. The van der Waals surface area contributed by atoms with Crippen LogP contribution in [0.1, 0.15) is 36.0 Å². The van der Waals surface area contributed by atoms with Crippen molar-refractivity contribution in [1.29, 1.82) is 0 Å². The van der Waals surface area contributed by atoms with Gasteiger partial charge in [0.15, 0.2) is 0 Å². The van der Waals surface area contributed by atoms with Crippen LogP contribution in [0.2, 0.25) is 0 Å². The molecule has 2 amide bonds. The number of pyridine rings is 1. The molecule has 1 aliphatic rings.